The molecule has 0 radical (unpaired) electrons. The summed E-state index contributed by atoms with van der Waals surface area (Å²) in [6, 6.07) is 12.2. The molecule has 26 heavy (non-hydrogen) atoms. The Morgan fingerprint density at radius 1 is 1.23 bits per heavy atom. The lowest BCUT2D eigenvalue weighted by molar-refractivity contribution is -0.125. The van der Waals surface area contributed by atoms with E-state index >= 15 is 0 Å². The minimum absolute atomic E-state index is 0.128. The number of hydrogen-bond donors (Lipinski definition) is 3. The van der Waals surface area contributed by atoms with Crippen LogP contribution in [-0.2, 0) is 11.2 Å². The molecule has 2 atom stereocenters. The summed E-state index contributed by atoms with van der Waals surface area (Å²) in [7, 11) is 0. The van der Waals surface area contributed by atoms with Gasteiger partial charge in [-0.2, -0.15) is 0 Å². The van der Waals surface area contributed by atoms with Crippen molar-refractivity contribution in [3.8, 4) is 11.5 Å². The number of carbonyl (C=O) groups excluding carboxylic acids is 1. The van der Waals surface area contributed by atoms with E-state index in [0.717, 1.165) is 16.7 Å². The first-order valence-electron chi connectivity index (χ1n) is 8.29. The molecule has 1 aromatic heterocycles. The number of nitrogens with one attached hydrogen (secondary N) is 1. The Kier molecular flexibility index (Phi) is 3.92. The first kappa shape index (κ1) is 16.6. The van der Waals surface area contributed by atoms with Gasteiger partial charge in [0.1, 0.15) is 11.5 Å². The molecule has 1 aliphatic rings. The molecule has 0 saturated heterocycles. The maximum absolute atomic E-state index is 13.2. The molecule has 1 aliphatic carbocycles. The number of aromatic nitrogens is 1. The highest BCUT2D eigenvalue weighted by Gasteiger charge is 2.49. The lowest BCUT2D eigenvalue weighted by Crippen LogP contribution is -2.37. The third kappa shape index (κ3) is 2.72. The molecule has 1 amide bonds. The monoisotopic (exact) mass is 366 g/mol. The minimum Gasteiger partial charge on any atom is -0.508 e. The van der Waals surface area contributed by atoms with Crippen molar-refractivity contribution in [2.75, 3.05) is 5.32 Å². The molecule has 0 saturated carbocycles. The fourth-order valence-electron chi connectivity index (χ4n) is 3.84. The van der Waals surface area contributed by atoms with E-state index in [-0.39, 0.29) is 23.3 Å². The highest BCUT2D eigenvalue weighted by atomic mass is 32.1. The number of aromatic hydroxyl groups is 2. The Morgan fingerprint density at radius 3 is 2.77 bits per heavy atom. The van der Waals surface area contributed by atoms with Gasteiger partial charge in [-0.15, -0.1) is 11.3 Å². The van der Waals surface area contributed by atoms with Crippen LogP contribution in [0.3, 0.4) is 0 Å². The second kappa shape index (κ2) is 6.14. The average molecular weight is 366 g/mol. The normalized spacial score (nSPS) is 21.3. The van der Waals surface area contributed by atoms with E-state index in [4.69, 9.17) is 0 Å². The van der Waals surface area contributed by atoms with Crippen LogP contribution in [-0.4, -0.2) is 21.1 Å². The van der Waals surface area contributed by atoms with Crippen molar-refractivity contribution >= 4 is 22.4 Å². The molecule has 3 N–H and O–H groups in total. The smallest absolute Gasteiger partial charge is 0.233 e. The third-order valence-electron chi connectivity index (χ3n) is 5.01. The number of nitrogens with zero attached hydrogens (tertiary/aromatic N) is 1. The molecular formula is C20H18N2O3S. The molecule has 1 heterocycles. The van der Waals surface area contributed by atoms with Crippen LogP contribution in [0.1, 0.15) is 29.5 Å². The van der Waals surface area contributed by atoms with Gasteiger partial charge in [0.25, 0.3) is 0 Å². The standard InChI is InChI=1S/C20H18N2O3S/c1-20(18(25)22-19-21-7-8-26-19)11-13-5-6-15(24)10-16(13)17(20)12-3-2-4-14(23)9-12/h2-10,17,23-24H,11H2,1H3,(H,21,22,25)/t17-,20+/m0/s1. The predicted octanol–water partition coefficient (Wildman–Crippen LogP) is 3.89. The number of phenolic OH excluding ortho intramolecular Hbond substituents is 2. The summed E-state index contributed by atoms with van der Waals surface area (Å²) in [5, 5.41) is 25.2. The molecule has 4 rings (SSSR count). The van der Waals surface area contributed by atoms with E-state index in [1.165, 1.54) is 11.3 Å². The van der Waals surface area contributed by atoms with Gasteiger partial charge in [-0.25, -0.2) is 4.98 Å². The summed E-state index contributed by atoms with van der Waals surface area (Å²) in [6.45, 7) is 1.92. The van der Waals surface area contributed by atoms with Crippen molar-refractivity contribution in [3.05, 3.63) is 70.7 Å². The van der Waals surface area contributed by atoms with Gasteiger partial charge in [-0.3, -0.25) is 4.79 Å². The molecule has 0 spiro atoms. The third-order valence-corrected chi connectivity index (χ3v) is 5.70. The van der Waals surface area contributed by atoms with Crippen LogP contribution in [0, 0.1) is 5.41 Å². The summed E-state index contributed by atoms with van der Waals surface area (Å²) >= 11 is 1.37. The molecule has 132 valence electrons. The maximum Gasteiger partial charge on any atom is 0.233 e. The van der Waals surface area contributed by atoms with Gasteiger partial charge in [-0.05, 0) is 54.3 Å². The number of amides is 1. The van der Waals surface area contributed by atoms with Gasteiger partial charge in [0.05, 0.1) is 5.41 Å². The number of thiazole rings is 1. The van der Waals surface area contributed by atoms with Gasteiger partial charge in [0, 0.05) is 17.5 Å². The zero-order valence-corrected chi connectivity index (χ0v) is 15.0. The van der Waals surface area contributed by atoms with E-state index in [2.05, 4.69) is 10.3 Å². The number of benzene rings is 2. The summed E-state index contributed by atoms with van der Waals surface area (Å²) in [5.74, 6) is -0.0922. The number of fused-ring (bicyclic) bond motifs is 1. The fourth-order valence-corrected chi connectivity index (χ4v) is 4.37. The molecular weight excluding hydrogens is 348 g/mol. The Balaban J connectivity index is 1.81. The van der Waals surface area contributed by atoms with Crippen molar-refractivity contribution < 1.29 is 15.0 Å². The molecule has 2 aromatic carbocycles. The maximum atomic E-state index is 13.2. The SMILES string of the molecule is C[C@@]1(C(=O)Nc2nccs2)Cc2ccc(O)cc2[C@@H]1c1cccc(O)c1. The quantitative estimate of drug-likeness (QED) is 0.657. The molecule has 0 unspecified atom stereocenters. The zero-order chi connectivity index (χ0) is 18.3. The largest absolute Gasteiger partial charge is 0.508 e. The van der Waals surface area contributed by atoms with E-state index < -0.39 is 5.41 Å². The molecule has 0 bridgehead atoms. The average Bonchev–Trinajstić information content (AvgIpc) is 3.20. The Morgan fingerprint density at radius 2 is 2.04 bits per heavy atom. The Bertz CT molecular complexity index is 971. The van der Waals surface area contributed by atoms with Gasteiger partial charge < -0.3 is 15.5 Å². The topological polar surface area (TPSA) is 82.5 Å². The lowest BCUT2D eigenvalue weighted by Gasteiger charge is -2.31. The number of carbonyl (C=O) groups is 1. The zero-order valence-electron chi connectivity index (χ0n) is 14.1. The van der Waals surface area contributed by atoms with Crippen LogP contribution in [0.2, 0.25) is 0 Å². The van der Waals surface area contributed by atoms with Crippen molar-refractivity contribution in [1.29, 1.82) is 0 Å². The molecule has 0 fully saturated rings. The van der Waals surface area contributed by atoms with Crippen LogP contribution in [0.5, 0.6) is 11.5 Å². The van der Waals surface area contributed by atoms with Gasteiger partial charge in [0.2, 0.25) is 5.91 Å². The number of hydrogen-bond acceptors (Lipinski definition) is 5. The van der Waals surface area contributed by atoms with Crippen LogP contribution in [0.15, 0.2) is 54.0 Å². The molecule has 3 aromatic rings. The molecule has 5 nitrogen and oxygen atoms in total. The van der Waals surface area contributed by atoms with Gasteiger partial charge in [0.15, 0.2) is 5.13 Å². The highest BCUT2D eigenvalue weighted by Crippen LogP contribution is 2.52. The van der Waals surface area contributed by atoms with E-state index in [9.17, 15) is 15.0 Å². The summed E-state index contributed by atoms with van der Waals surface area (Å²) in [6.07, 6.45) is 2.19. The highest BCUT2D eigenvalue weighted by molar-refractivity contribution is 7.13. The second-order valence-electron chi connectivity index (χ2n) is 6.80. The number of anilines is 1. The van der Waals surface area contributed by atoms with Crippen molar-refractivity contribution in [3.63, 3.8) is 0 Å². The van der Waals surface area contributed by atoms with Crippen LogP contribution >= 0.6 is 11.3 Å². The summed E-state index contributed by atoms with van der Waals surface area (Å²) in [5.41, 5.74) is 2.00. The first-order valence-corrected chi connectivity index (χ1v) is 9.17. The fraction of sp³-hybridized carbons (Fsp3) is 0.200. The second-order valence-corrected chi connectivity index (χ2v) is 7.69. The van der Waals surface area contributed by atoms with Crippen molar-refractivity contribution in [1.82, 2.24) is 4.98 Å². The van der Waals surface area contributed by atoms with Crippen LogP contribution in [0.4, 0.5) is 5.13 Å². The van der Waals surface area contributed by atoms with Crippen LogP contribution in [0.25, 0.3) is 0 Å². The number of phenols is 2. The number of rotatable bonds is 3. The van der Waals surface area contributed by atoms with E-state index in [0.29, 0.717) is 11.6 Å². The summed E-state index contributed by atoms with van der Waals surface area (Å²) < 4.78 is 0. The molecule has 0 aliphatic heterocycles. The molecule has 6 heteroatoms. The van der Waals surface area contributed by atoms with Gasteiger partial charge >= 0.3 is 0 Å². The van der Waals surface area contributed by atoms with Crippen molar-refractivity contribution in [2.45, 2.75) is 19.3 Å². The first-order chi connectivity index (χ1) is 12.5. The van der Waals surface area contributed by atoms with Gasteiger partial charge in [-0.1, -0.05) is 18.2 Å². The van der Waals surface area contributed by atoms with Crippen LogP contribution < -0.4 is 5.32 Å². The van der Waals surface area contributed by atoms with E-state index in [1.807, 2.05) is 24.4 Å². The Labute approximate surface area is 155 Å². The Hall–Kier alpha value is -2.86. The lowest BCUT2D eigenvalue weighted by atomic mass is 9.73. The summed E-state index contributed by atoms with van der Waals surface area (Å²) in [4.78, 5) is 17.3. The predicted molar refractivity (Wildman–Crippen MR) is 101 cm³/mol. The minimum atomic E-state index is -0.768. The van der Waals surface area contributed by atoms with E-state index in [1.54, 1.807) is 36.5 Å². The van der Waals surface area contributed by atoms with Crippen molar-refractivity contribution in [2.24, 2.45) is 5.41 Å².